The molecule has 1 aliphatic rings. The first-order valence-corrected chi connectivity index (χ1v) is 7.74. The molecular formula is C17H17BrFN. The largest absolute Gasteiger partial charge is 0.310 e. The van der Waals surface area contributed by atoms with Gasteiger partial charge in [0.25, 0.3) is 0 Å². The van der Waals surface area contributed by atoms with Gasteiger partial charge >= 0.3 is 0 Å². The molecule has 0 spiro atoms. The Kier molecular flexibility index (Phi) is 4.18. The third-order valence-electron chi connectivity index (χ3n) is 4.02. The number of benzene rings is 2. The molecule has 0 saturated heterocycles. The van der Waals surface area contributed by atoms with E-state index >= 15 is 0 Å². The van der Waals surface area contributed by atoms with Crippen LogP contribution in [0.3, 0.4) is 0 Å². The zero-order chi connectivity index (χ0) is 13.9. The van der Waals surface area contributed by atoms with Crippen molar-refractivity contribution < 1.29 is 4.39 Å². The molecule has 1 nitrogen and oxygen atoms in total. The third kappa shape index (κ3) is 2.94. The monoisotopic (exact) mass is 333 g/mol. The highest BCUT2D eigenvalue weighted by Crippen LogP contribution is 2.38. The summed E-state index contributed by atoms with van der Waals surface area (Å²) in [4.78, 5) is 0. The lowest BCUT2D eigenvalue weighted by Crippen LogP contribution is -2.39. The third-order valence-corrected chi connectivity index (χ3v) is 4.80. The smallest absolute Gasteiger partial charge is 0.126 e. The van der Waals surface area contributed by atoms with Crippen LogP contribution in [0.25, 0.3) is 0 Å². The fourth-order valence-corrected chi connectivity index (χ4v) is 3.17. The summed E-state index contributed by atoms with van der Waals surface area (Å²) < 4.78 is 14.8. The molecule has 0 bridgehead atoms. The predicted molar refractivity (Wildman–Crippen MR) is 83.1 cm³/mol. The van der Waals surface area contributed by atoms with Gasteiger partial charge in [-0.3, -0.25) is 0 Å². The fraction of sp³-hybridized carbons (Fsp3) is 0.294. The van der Waals surface area contributed by atoms with E-state index in [-0.39, 0.29) is 5.82 Å². The number of hydrogen-bond acceptors (Lipinski definition) is 1. The van der Waals surface area contributed by atoms with E-state index in [0.717, 1.165) is 29.4 Å². The summed E-state index contributed by atoms with van der Waals surface area (Å²) in [5.41, 5.74) is 2.13. The van der Waals surface area contributed by atoms with Crippen LogP contribution in [0.1, 0.15) is 29.9 Å². The predicted octanol–water partition coefficient (Wildman–Crippen LogP) is 4.62. The molecule has 20 heavy (non-hydrogen) atoms. The van der Waals surface area contributed by atoms with Gasteiger partial charge in [0.2, 0.25) is 0 Å². The number of hydrogen-bond donors (Lipinski definition) is 1. The van der Waals surface area contributed by atoms with E-state index in [1.807, 2.05) is 24.3 Å². The minimum Gasteiger partial charge on any atom is -0.310 e. The summed E-state index contributed by atoms with van der Waals surface area (Å²) >= 11 is 3.55. The zero-order valence-corrected chi connectivity index (χ0v) is 12.7. The molecule has 1 fully saturated rings. The van der Waals surface area contributed by atoms with E-state index in [4.69, 9.17) is 0 Å². The summed E-state index contributed by atoms with van der Waals surface area (Å²) in [5, 5.41) is 3.54. The van der Waals surface area contributed by atoms with Crippen molar-refractivity contribution in [2.24, 2.45) is 0 Å². The van der Waals surface area contributed by atoms with Gasteiger partial charge in [0, 0.05) is 17.1 Å². The molecule has 3 rings (SSSR count). The van der Waals surface area contributed by atoms with Gasteiger partial charge in [0.1, 0.15) is 5.82 Å². The highest BCUT2D eigenvalue weighted by Gasteiger charge is 2.31. The Morgan fingerprint density at radius 1 is 1.05 bits per heavy atom. The second kappa shape index (κ2) is 6.06. The molecule has 0 atom stereocenters. The van der Waals surface area contributed by atoms with Gasteiger partial charge in [0.05, 0.1) is 0 Å². The average Bonchev–Trinajstić information content (AvgIpc) is 2.41. The SMILES string of the molecule is Fc1ccccc1C1CC(NCc2ccccc2Br)C1. The van der Waals surface area contributed by atoms with Crippen molar-refractivity contribution in [2.45, 2.75) is 31.3 Å². The fourth-order valence-electron chi connectivity index (χ4n) is 2.74. The van der Waals surface area contributed by atoms with Crippen LogP contribution in [0.4, 0.5) is 4.39 Å². The van der Waals surface area contributed by atoms with Gasteiger partial charge in [-0.1, -0.05) is 52.3 Å². The summed E-state index contributed by atoms with van der Waals surface area (Å²) in [5.74, 6) is 0.301. The molecule has 0 aromatic heterocycles. The summed E-state index contributed by atoms with van der Waals surface area (Å²) in [7, 11) is 0. The number of halogens is 2. The van der Waals surface area contributed by atoms with Gasteiger partial charge < -0.3 is 5.32 Å². The Morgan fingerprint density at radius 3 is 2.50 bits per heavy atom. The first-order chi connectivity index (χ1) is 9.74. The zero-order valence-electron chi connectivity index (χ0n) is 11.2. The molecule has 1 aliphatic carbocycles. The average molecular weight is 334 g/mol. The van der Waals surface area contributed by atoms with Gasteiger partial charge in [-0.25, -0.2) is 4.39 Å². The second-order valence-corrected chi connectivity index (χ2v) is 6.21. The maximum absolute atomic E-state index is 13.7. The lowest BCUT2D eigenvalue weighted by molar-refractivity contribution is 0.284. The maximum atomic E-state index is 13.7. The minimum absolute atomic E-state index is 0.0678. The van der Waals surface area contributed by atoms with Crippen LogP contribution in [-0.2, 0) is 6.54 Å². The van der Waals surface area contributed by atoms with E-state index in [9.17, 15) is 4.39 Å². The van der Waals surface area contributed by atoms with E-state index < -0.39 is 0 Å². The van der Waals surface area contributed by atoms with Crippen LogP contribution in [0.2, 0.25) is 0 Å². The van der Waals surface area contributed by atoms with E-state index in [2.05, 4.69) is 33.4 Å². The summed E-state index contributed by atoms with van der Waals surface area (Å²) in [6.45, 7) is 0.857. The van der Waals surface area contributed by atoms with Crippen LogP contribution in [-0.4, -0.2) is 6.04 Å². The normalized spacial score (nSPS) is 21.5. The van der Waals surface area contributed by atoms with Crippen molar-refractivity contribution in [1.82, 2.24) is 5.32 Å². The quantitative estimate of drug-likeness (QED) is 0.860. The Balaban J connectivity index is 1.52. The van der Waals surface area contributed by atoms with Crippen LogP contribution >= 0.6 is 15.9 Å². The first kappa shape index (κ1) is 13.8. The Bertz CT molecular complexity index is 590. The van der Waals surface area contributed by atoms with Crippen LogP contribution < -0.4 is 5.32 Å². The van der Waals surface area contributed by atoms with Crippen LogP contribution in [0.5, 0.6) is 0 Å². The Morgan fingerprint density at radius 2 is 1.75 bits per heavy atom. The van der Waals surface area contributed by atoms with Gasteiger partial charge in [-0.2, -0.15) is 0 Å². The lowest BCUT2D eigenvalue weighted by Gasteiger charge is -2.36. The Labute approximate surface area is 127 Å². The van der Waals surface area contributed by atoms with E-state index in [1.165, 1.54) is 5.56 Å². The summed E-state index contributed by atoms with van der Waals surface area (Å²) in [6.07, 6.45) is 2.04. The number of rotatable bonds is 4. The van der Waals surface area contributed by atoms with Crippen LogP contribution in [0, 0.1) is 5.82 Å². The van der Waals surface area contributed by atoms with Crippen molar-refractivity contribution in [3.05, 3.63) is 69.9 Å². The topological polar surface area (TPSA) is 12.0 Å². The minimum atomic E-state index is -0.0678. The molecular weight excluding hydrogens is 317 g/mol. The van der Waals surface area contributed by atoms with Crippen molar-refractivity contribution in [2.75, 3.05) is 0 Å². The second-order valence-electron chi connectivity index (χ2n) is 5.36. The first-order valence-electron chi connectivity index (χ1n) is 6.95. The summed E-state index contributed by atoms with van der Waals surface area (Å²) in [6, 6.07) is 15.9. The molecule has 0 heterocycles. The molecule has 0 aliphatic heterocycles. The molecule has 0 unspecified atom stereocenters. The molecule has 0 amide bonds. The molecule has 2 aromatic rings. The molecule has 0 radical (unpaired) electrons. The van der Waals surface area contributed by atoms with E-state index in [1.54, 1.807) is 12.1 Å². The van der Waals surface area contributed by atoms with Gasteiger partial charge in [0.15, 0.2) is 0 Å². The molecule has 104 valence electrons. The van der Waals surface area contributed by atoms with Crippen LogP contribution in [0.15, 0.2) is 53.0 Å². The molecule has 3 heteroatoms. The number of nitrogens with one attached hydrogen (secondary N) is 1. The van der Waals surface area contributed by atoms with Gasteiger partial charge in [-0.15, -0.1) is 0 Å². The standard InChI is InChI=1S/C17H17BrFN/c18-16-7-3-1-5-12(16)11-20-14-9-13(10-14)15-6-2-4-8-17(15)19/h1-8,13-14,20H,9-11H2. The Hall–Kier alpha value is -1.19. The van der Waals surface area contributed by atoms with Gasteiger partial charge in [-0.05, 0) is 42.0 Å². The molecule has 1 saturated carbocycles. The lowest BCUT2D eigenvalue weighted by atomic mass is 9.75. The van der Waals surface area contributed by atoms with E-state index in [0.29, 0.717) is 12.0 Å². The molecule has 2 aromatic carbocycles. The van der Waals surface area contributed by atoms with Crippen molar-refractivity contribution in [3.63, 3.8) is 0 Å². The maximum Gasteiger partial charge on any atom is 0.126 e. The highest BCUT2D eigenvalue weighted by atomic mass is 79.9. The van der Waals surface area contributed by atoms with Crippen molar-refractivity contribution in [3.8, 4) is 0 Å². The van der Waals surface area contributed by atoms with Crippen molar-refractivity contribution in [1.29, 1.82) is 0 Å². The molecule has 1 N–H and O–H groups in total. The highest BCUT2D eigenvalue weighted by molar-refractivity contribution is 9.10. The van der Waals surface area contributed by atoms with Crippen molar-refractivity contribution >= 4 is 15.9 Å².